The minimum atomic E-state index is -3.51. The molecule has 2 saturated heterocycles. The van der Waals surface area contributed by atoms with E-state index < -0.39 is 10.0 Å². The van der Waals surface area contributed by atoms with Crippen molar-refractivity contribution in [2.24, 2.45) is 0 Å². The van der Waals surface area contributed by atoms with Crippen LogP contribution in [0.5, 0.6) is 0 Å². The van der Waals surface area contributed by atoms with Gasteiger partial charge in [-0.15, -0.1) is 11.3 Å². The van der Waals surface area contributed by atoms with Crippen LogP contribution in [-0.4, -0.2) is 72.7 Å². The van der Waals surface area contributed by atoms with Crippen LogP contribution in [0.1, 0.15) is 29.5 Å². The topological polar surface area (TPSA) is 73.8 Å². The number of nitrogens with zero attached hydrogens (tertiary/aromatic N) is 4. The highest BCUT2D eigenvalue weighted by Crippen LogP contribution is 2.36. The molecule has 1 unspecified atom stereocenters. The predicted molar refractivity (Wildman–Crippen MR) is 136 cm³/mol. The van der Waals surface area contributed by atoms with Crippen molar-refractivity contribution in [3.63, 3.8) is 0 Å². The van der Waals surface area contributed by atoms with E-state index >= 15 is 0 Å². The van der Waals surface area contributed by atoms with Crippen LogP contribution in [0, 0.1) is 0 Å². The van der Waals surface area contributed by atoms with Crippen LogP contribution in [0.15, 0.2) is 60.0 Å². The summed E-state index contributed by atoms with van der Waals surface area (Å²) in [6.07, 6.45) is 3.67. The first-order chi connectivity index (χ1) is 16.5. The smallest absolute Gasteiger partial charge is 0.236 e. The average Bonchev–Trinajstić information content (AvgIpc) is 3.50. The lowest BCUT2D eigenvalue weighted by atomic mass is 10.2. The van der Waals surface area contributed by atoms with Gasteiger partial charge in [-0.3, -0.25) is 9.69 Å². The SMILES string of the molecule is O=C(CN1CCCC1c1nc2ccccc2s1)N1CCN(S(=O)(=O)C=Cc2ccccc2)CC1. The lowest BCUT2D eigenvalue weighted by Crippen LogP contribution is -2.52. The molecule has 2 aliphatic rings. The van der Waals surface area contributed by atoms with Crippen LogP contribution in [0.2, 0.25) is 0 Å². The number of hydrogen-bond donors (Lipinski definition) is 0. The molecule has 2 aromatic carbocycles. The summed E-state index contributed by atoms with van der Waals surface area (Å²) in [6.45, 7) is 2.68. The predicted octanol–water partition coefficient (Wildman–Crippen LogP) is 3.58. The third-order valence-electron chi connectivity index (χ3n) is 6.48. The van der Waals surface area contributed by atoms with Gasteiger partial charge in [0.2, 0.25) is 15.9 Å². The van der Waals surface area contributed by atoms with E-state index in [1.165, 1.54) is 14.4 Å². The number of hydrogen-bond acceptors (Lipinski definition) is 6. The molecule has 1 amide bonds. The Morgan fingerprint density at radius 3 is 2.50 bits per heavy atom. The van der Waals surface area contributed by atoms with Gasteiger partial charge >= 0.3 is 0 Å². The summed E-state index contributed by atoms with van der Waals surface area (Å²) in [5.41, 5.74) is 1.85. The van der Waals surface area contributed by atoms with Crippen molar-refractivity contribution in [2.75, 3.05) is 39.3 Å². The standard InChI is InChI=1S/C25H28N4O3S2/c30-24(19-28-13-6-10-22(28)25-26-21-9-4-5-11-23(21)33-25)27-14-16-29(17-15-27)34(31,32)18-12-20-7-2-1-3-8-20/h1-5,7-9,11-12,18,22H,6,10,13-17,19H2. The number of aromatic nitrogens is 1. The number of carbonyl (C=O) groups excluding carboxylic acids is 1. The highest BCUT2D eigenvalue weighted by Gasteiger charge is 2.33. The Balaban J connectivity index is 1.17. The zero-order valence-electron chi connectivity index (χ0n) is 18.9. The molecule has 5 rings (SSSR count). The fraction of sp³-hybridized carbons (Fsp3) is 0.360. The van der Waals surface area contributed by atoms with E-state index in [0.717, 1.165) is 35.5 Å². The van der Waals surface area contributed by atoms with Crippen LogP contribution in [0.25, 0.3) is 16.3 Å². The van der Waals surface area contributed by atoms with Crippen LogP contribution >= 0.6 is 11.3 Å². The zero-order valence-corrected chi connectivity index (χ0v) is 20.5. The number of rotatable bonds is 6. The molecule has 0 N–H and O–H groups in total. The number of amides is 1. The number of fused-ring (bicyclic) bond motifs is 1. The second kappa shape index (κ2) is 9.95. The molecule has 1 atom stereocenters. The van der Waals surface area contributed by atoms with Crippen molar-refractivity contribution in [3.05, 3.63) is 70.6 Å². The molecule has 0 radical (unpaired) electrons. The van der Waals surface area contributed by atoms with Gasteiger partial charge in [0.1, 0.15) is 5.01 Å². The minimum absolute atomic E-state index is 0.0601. The lowest BCUT2D eigenvalue weighted by molar-refractivity contribution is -0.133. The molecule has 7 nitrogen and oxygen atoms in total. The second-order valence-electron chi connectivity index (χ2n) is 8.69. The number of likely N-dealkylation sites (tertiary alicyclic amines) is 1. The Kier molecular flexibility index (Phi) is 6.78. The first-order valence-electron chi connectivity index (χ1n) is 11.6. The molecule has 3 heterocycles. The van der Waals surface area contributed by atoms with Gasteiger partial charge in [-0.2, -0.15) is 4.31 Å². The normalized spacial score (nSPS) is 20.5. The van der Waals surface area contributed by atoms with Gasteiger partial charge < -0.3 is 4.90 Å². The molecule has 9 heteroatoms. The fourth-order valence-electron chi connectivity index (χ4n) is 4.61. The first-order valence-corrected chi connectivity index (χ1v) is 13.9. The van der Waals surface area contributed by atoms with Crippen molar-refractivity contribution in [1.82, 2.24) is 19.1 Å². The van der Waals surface area contributed by atoms with Crippen LogP contribution in [0.3, 0.4) is 0 Å². The lowest BCUT2D eigenvalue weighted by Gasteiger charge is -2.34. The first kappa shape index (κ1) is 23.2. The third kappa shape index (κ3) is 5.07. The summed E-state index contributed by atoms with van der Waals surface area (Å²) in [5.74, 6) is 0.0601. The molecule has 0 bridgehead atoms. The molecule has 34 heavy (non-hydrogen) atoms. The zero-order chi connectivity index (χ0) is 23.5. The number of sulfonamides is 1. The van der Waals surface area contributed by atoms with E-state index in [9.17, 15) is 13.2 Å². The monoisotopic (exact) mass is 496 g/mol. The van der Waals surface area contributed by atoms with Crippen molar-refractivity contribution in [1.29, 1.82) is 0 Å². The number of piperazine rings is 1. The van der Waals surface area contributed by atoms with Gasteiger partial charge in [0, 0.05) is 31.6 Å². The van der Waals surface area contributed by atoms with E-state index in [4.69, 9.17) is 4.98 Å². The van der Waals surface area contributed by atoms with E-state index in [1.807, 2.05) is 48.5 Å². The van der Waals surface area contributed by atoms with Gasteiger partial charge in [-0.25, -0.2) is 13.4 Å². The van der Waals surface area contributed by atoms with E-state index in [2.05, 4.69) is 11.0 Å². The maximum absolute atomic E-state index is 13.1. The highest BCUT2D eigenvalue weighted by atomic mass is 32.2. The van der Waals surface area contributed by atoms with Crippen LogP contribution in [0.4, 0.5) is 0 Å². The fourth-order valence-corrected chi connectivity index (χ4v) is 6.92. The van der Waals surface area contributed by atoms with Gasteiger partial charge in [-0.05, 0) is 43.2 Å². The van der Waals surface area contributed by atoms with E-state index in [-0.39, 0.29) is 11.9 Å². The minimum Gasteiger partial charge on any atom is -0.339 e. The number of benzene rings is 2. The number of para-hydroxylation sites is 1. The van der Waals surface area contributed by atoms with Crippen molar-refractivity contribution >= 4 is 43.6 Å². The summed E-state index contributed by atoms with van der Waals surface area (Å²) in [6, 6.07) is 17.7. The largest absolute Gasteiger partial charge is 0.339 e. The van der Waals surface area contributed by atoms with Gasteiger partial charge in [0.25, 0.3) is 0 Å². The summed E-state index contributed by atoms with van der Waals surface area (Å²) in [4.78, 5) is 21.9. The van der Waals surface area contributed by atoms with E-state index in [1.54, 1.807) is 22.3 Å². The van der Waals surface area contributed by atoms with Crippen LogP contribution < -0.4 is 0 Å². The molecule has 0 spiro atoms. The molecular weight excluding hydrogens is 468 g/mol. The van der Waals surface area contributed by atoms with Crippen molar-refractivity contribution in [3.8, 4) is 0 Å². The molecule has 2 fully saturated rings. The van der Waals surface area contributed by atoms with Crippen molar-refractivity contribution < 1.29 is 13.2 Å². The maximum Gasteiger partial charge on any atom is 0.236 e. The van der Waals surface area contributed by atoms with Gasteiger partial charge in [-0.1, -0.05) is 42.5 Å². The third-order valence-corrected chi connectivity index (χ3v) is 9.18. The van der Waals surface area contributed by atoms with E-state index in [0.29, 0.717) is 32.7 Å². The Labute approximate surface area is 204 Å². The average molecular weight is 497 g/mol. The molecule has 2 aliphatic heterocycles. The van der Waals surface area contributed by atoms with Gasteiger partial charge in [0.05, 0.1) is 22.8 Å². The second-order valence-corrected chi connectivity index (χ2v) is 11.6. The molecule has 178 valence electrons. The molecule has 1 aromatic heterocycles. The Morgan fingerprint density at radius 2 is 1.74 bits per heavy atom. The number of carbonyl (C=O) groups is 1. The Morgan fingerprint density at radius 1 is 1.00 bits per heavy atom. The Hall–Kier alpha value is -2.59. The van der Waals surface area contributed by atoms with Gasteiger partial charge in [0.15, 0.2) is 0 Å². The summed E-state index contributed by atoms with van der Waals surface area (Å²) >= 11 is 1.71. The molecular formula is C25H28N4O3S2. The van der Waals surface area contributed by atoms with Crippen LogP contribution in [-0.2, 0) is 14.8 Å². The molecule has 3 aromatic rings. The summed E-state index contributed by atoms with van der Waals surface area (Å²) < 4.78 is 28.0. The quantitative estimate of drug-likeness (QED) is 0.522. The Bertz CT molecular complexity index is 1250. The molecule has 0 aliphatic carbocycles. The van der Waals surface area contributed by atoms with Crippen molar-refractivity contribution in [2.45, 2.75) is 18.9 Å². The summed E-state index contributed by atoms with van der Waals surface area (Å²) in [5, 5.41) is 2.33. The highest BCUT2D eigenvalue weighted by molar-refractivity contribution is 7.92. The maximum atomic E-state index is 13.1. The molecule has 0 saturated carbocycles. The number of thiazole rings is 1. The summed E-state index contributed by atoms with van der Waals surface area (Å²) in [7, 11) is -3.51.